The lowest BCUT2D eigenvalue weighted by molar-refractivity contribution is 0.226. The zero-order valence-corrected chi connectivity index (χ0v) is 13.7. The first-order chi connectivity index (χ1) is 9.59. The molecule has 0 aromatic heterocycles. The third-order valence-corrected chi connectivity index (χ3v) is 6.47. The summed E-state index contributed by atoms with van der Waals surface area (Å²) in [5.41, 5.74) is 0. The summed E-state index contributed by atoms with van der Waals surface area (Å²) < 4.78 is 29.2. The minimum Gasteiger partial charge on any atom is -0.315 e. The molecule has 1 saturated heterocycles. The first-order valence-corrected chi connectivity index (χ1v) is 9.46. The second-order valence-corrected chi connectivity index (χ2v) is 7.85. The fourth-order valence-electron chi connectivity index (χ4n) is 2.92. The smallest absolute Gasteiger partial charge is 0.282 e. The van der Waals surface area contributed by atoms with E-state index < -0.39 is 10.2 Å². The molecule has 118 valence electrons. The lowest BCUT2D eigenvalue weighted by Crippen LogP contribution is -2.53. The molecular weight excluding hydrogens is 274 g/mol. The third-order valence-electron chi connectivity index (χ3n) is 4.34. The molecule has 5 nitrogen and oxygen atoms in total. The van der Waals surface area contributed by atoms with Crippen LogP contribution in [0.2, 0.25) is 0 Å². The number of hydrogen-bond donors (Lipinski definition) is 1. The van der Waals surface area contributed by atoms with E-state index >= 15 is 0 Å². The number of rotatable bonds is 8. The molecule has 2 aliphatic rings. The van der Waals surface area contributed by atoms with Crippen LogP contribution >= 0.6 is 0 Å². The van der Waals surface area contributed by atoms with E-state index in [9.17, 15) is 8.42 Å². The van der Waals surface area contributed by atoms with Crippen LogP contribution < -0.4 is 5.32 Å². The van der Waals surface area contributed by atoms with Crippen molar-refractivity contribution in [3.8, 4) is 0 Å². The average molecular weight is 303 g/mol. The second kappa shape index (κ2) is 7.20. The van der Waals surface area contributed by atoms with Crippen LogP contribution in [0.15, 0.2) is 0 Å². The van der Waals surface area contributed by atoms with Crippen molar-refractivity contribution in [2.24, 2.45) is 5.92 Å². The van der Waals surface area contributed by atoms with Crippen LogP contribution in [0.5, 0.6) is 0 Å². The Morgan fingerprint density at radius 3 is 2.55 bits per heavy atom. The van der Waals surface area contributed by atoms with Gasteiger partial charge in [0.1, 0.15) is 0 Å². The molecule has 0 aromatic rings. The molecular formula is C14H29N3O2S. The van der Waals surface area contributed by atoms with Crippen LogP contribution in [0.1, 0.15) is 46.0 Å². The van der Waals surface area contributed by atoms with E-state index in [4.69, 9.17) is 0 Å². The van der Waals surface area contributed by atoms with Gasteiger partial charge in [-0.05, 0) is 38.1 Å². The highest BCUT2D eigenvalue weighted by Gasteiger charge is 2.37. The quantitative estimate of drug-likeness (QED) is 0.738. The fourth-order valence-corrected chi connectivity index (χ4v) is 4.85. The molecule has 20 heavy (non-hydrogen) atoms. The van der Waals surface area contributed by atoms with Crippen LogP contribution in [0, 0.1) is 5.92 Å². The van der Waals surface area contributed by atoms with Gasteiger partial charge in [0.2, 0.25) is 0 Å². The van der Waals surface area contributed by atoms with Gasteiger partial charge in [-0.1, -0.05) is 20.3 Å². The molecule has 2 rings (SSSR count). The van der Waals surface area contributed by atoms with E-state index in [2.05, 4.69) is 12.2 Å². The van der Waals surface area contributed by atoms with Gasteiger partial charge in [0, 0.05) is 32.2 Å². The Kier molecular flexibility index (Phi) is 5.84. The normalized spacial score (nSPS) is 25.2. The van der Waals surface area contributed by atoms with Crippen LogP contribution in [0.3, 0.4) is 0 Å². The molecule has 1 atom stereocenters. The maximum absolute atomic E-state index is 12.9. The molecule has 1 N–H and O–H groups in total. The van der Waals surface area contributed by atoms with Crippen molar-refractivity contribution in [3.63, 3.8) is 0 Å². The van der Waals surface area contributed by atoms with Crippen molar-refractivity contribution >= 4 is 10.2 Å². The highest BCUT2D eigenvalue weighted by Crippen LogP contribution is 2.31. The van der Waals surface area contributed by atoms with E-state index in [1.165, 1.54) is 12.8 Å². The minimum atomic E-state index is -3.28. The van der Waals surface area contributed by atoms with Crippen LogP contribution in [0.4, 0.5) is 0 Å². The number of nitrogens with zero attached hydrogens (tertiary/aromatic N) is 2. The molecule has 6 heteroatoms. The van der Waals surface area contributed by atoms with Gasteiger partial charge in [-0.3, -0.25) is 0 Å². The third kappa shape index (κ3) is 3.93. The summed E-state index contributed by atoms with van der Waals surface area (Å²) in [4.78, 5) is 0. The van der Waals surface area contributed by atoms with Gasteiger partial charge in [-0.25, -0.2) is 0 Å². The summed E-state index contributed by atoms with van der Waals surface area (Å²) in [6.45, 7) is 7.66. The fraction of sp³-hybridized carbons (Fsp3) is 1.00. The van der Waals surface area contributed by atoms with Gasteiger partial charge in [0.05, 0.1) is 0 Å². The Labute approximate surface area is 123 Å². The van der Waals surface area contributed by atoms with Gasteiger partial charge in [-0.15, -0.1) is 0 Å². The standard InChI is InChI=1S/C14H29N3O2S/c1-3-15-11-14-7-5-6-10-17(14)20(18,19)16(4-2)12-13-8-9-13/h13-15H,3-12H2,1-2H3. The van der Waals surface area contributed by atoms with Crippen molar-refractivity contribution < 1.29 is 8.42 Å². The van der Waals surface area contributed by atoms with Gasteiger partial charge in [0.25, 0.3) is 10.2 Å². The molecule has 1 unspecified atom stereocenters. The average Bonchev–Trinajstić information content (AvgIpc) is 3.26. The van der Waals surface area contributed by atoms with Crippen LogP contribution in [0.25, 0.3) is 0 Å². The Bertz CT molecular complexity index is 395. The van der Waals surface area contributed by atoms with Crippen molar-refractivity contribution in [2.45, 2.75) is 52.0 Å². The summed E-state index contributed by atoms with van der Waals surface area (Å²) in [5.74, 6) is 0.599. The molecule has 1 aliphatic carbocycles. The largest absolute Gasteiger partial charge is 0.315 e. The van der Waals surface area contributed by atoms with E-state index in [0.717, 1.165) is 32.4 Å². The summed E-state index contributed by atoms with van der Waals surface area (Å²) in [6.07, 6.45) is 5.48. The lowest BCUT2D eigenvalue weighted by Gasteiger charge is -2.38. The van der Waals surface area contributed by atoms with E-state index in [0.29, 0.717) is 25.6 Å². The van der Waals surface area contributed by atoms with E-state index in [-0.39, 0.29) is 6.04 Å². The predicted octanol–water partition coefficient (Wildman–Crippen LogP) is 1.43. The molecule has 0 radical (unpaired) electrons. The Hall–Kier alpha value is -0.170. The molecule has 1 aliphatic heterocycles. The highest BCUT2D eigenvalue weighted by atomic mass is 32.2. The summed E-state index contributed by atoms with van der Waals surface area (Å²) >= 11 is 0. The Morgan fingerprint density at radius 1 is 1.20 bits per heavy atom. The Morgan fingerprint density at radius 2 is 1.95 bits per heavy atom. The maximum Gasteiger partial charge on any atom is 0.282 e. The van der Waals surface area contributed by atoms with Gasteiger partial charge < -0.3 is 5.32 Å². The Balaban J connectivity index is 2.06. The number of nitrogens with one attached hydrogen (secondary N) is 1. The van der Waals surface area contributed by atoms with Crippen molar-refractivity contribution in [3.05, 3.63) is 0 Å². The van der Waals surface area contributed by atoms with Gasteiger partial charge in [0.15, 0.2) is 0 Å². The number of likely N-dealkylation sites (N-methyl/N-ethyl adjacent to an activating group) is 1. The molecule has 0 bridgehead atoms. The minimum absolute atomic E-state index is 0.127. The molecule has 1 heterocycles. The molecule has 0 amide bonds. The first kappa shape index (κ1) is 16.2. The number of hydrogen-bond acceptors (Lipinski definition) is 3. The molecule has 1 saturated carbocycles. The van der Waals surface area contributed by atoms with Crippen LogP contribution in [-0.4, -0.2) is 55.8 Å². The molecule has 2 fully saturated rings. The lowest BCUT2D eigenvalue weighted by atomic mass is 10.1. The predicted molar refractivity (Wildman–Crippen MR) is 81.8 cm³/mol. The van der Waals surface area contributed by atoms with Crippen molar-refractivity contribution in [2.75, 3.05) is 32.7 Å². The first-order valence-electron chi connectivity index (χ1n) is 8.07. The zero-order valence-electron chi connectivity index (χ0n) is 12.8. The number of piperidine rings is 1. The van der Waals surface area contributed by atoms with Gasteiger partial charge >= 0.3 is 0 Å². The SMILES string of the molecule is CCNCC1CCCCN1S(=O)(=O)N(CC)CC1CC1. The van der Waals surface area contributed by atoms with E-state index in [1.54, 1.807) is 8.61 Å². The monoisotopic (exact) mass is 303 g/mol. The van der Waals surface area contributed by atoms with Crippen molar-refractivity contribution in [1.29, 1.82) is 0 Å². The van der Waals surface area contributed by atoms with E-state index in [1.807, 2.05) is 6.92 Å². The summed E-state index contributed by atoms with van der Waals surface area (Å²) in [5, 5.41) is 3.31. The second-order valence-electron chi connectivity index (χ2n) is 5.97. The van der Waals surface area contributed by atoms with Crippen LogP contribution in [-0.2, 0) is 10.2 Å². The molecule has 0 spiro atoms. The van der Waals surface area contributed by atoms with Gasteiger partial charge in [-0.2, -0.15) is 17.0 Å². The topological polar surface area (TPSA) is 52.7 Å². The highest BCUT2D eigenvalue weighted by molar-refractivity contribution is 7.86. The maximum atomic E-state index is 12.9. The molecule has 0 aromatic carbocycles. The summed E-state index contributed by atoms with van der Waals surface area (Å²) in [6, 6.07) is 0.127. The van der Waals surface area contributed by atoms with Crippen molar-refractivity contribution in [1.82, 2.24) is 13.9 Å². The zero-order chi connectivity index (χ0) is 14.6. The summed E-state index contributed by atoms with van der Waals surface area (Å²) in [7, 11) is -3.28.